The summed E-state index contributed by atoms with van der Waals surface area (Å²) in [4.78, 5) is 0. The molecule has 0 unspecified atom stereocenters. The second-order valence-electron chi connectivity index (χ2n) is 4.04. The van der Waals surface area contributed by atoms with Crippen LogP contribution >= 0.6 is 0 Å². The molecule has 2 aromatic rings. The highest BCUT2D eigenvalue weighted by atomic mass is 16.3. The summed E-state index contributed by atoms with van der Waals surface area (Å²) in [5.74, 6) is 2.03. The Kier molecular flexibility index (Phi) is 3.00. The molecule has 0 amide bonds. The molecule has 0 bridgehead atoms. The first kappa shape index (κ1) is 10.8. The van der Waals surface area contributed by atoms with Crippen molar-refractivity contribution in [2.75, 3.05) is 5.32 Å². The van der Waals surface area contributed by atoms with Gasteiger partial charge in [0.1, 0.15) is 11.5 Å². The van der Waals surface area contributed by atoms with E-state index >= 15 is 0 Å². The van der Waals surface area contributed by atoms with Crippen LogP contribution in [0.2, 0.25) is 0 Å². The predicted octanol–water partition coefficient (Wildman–Crippen LogP) is 3.82. The van der Waals surface area contributed by atoms with Crippen molar-refractivity contribution in [3.8, 4) is 0 Å². The van der Waals surface area contributed by atoms with E-state index in [1.807, 2.05) is 32.0 Å². The van der Waals surface area contributed by atoms with Crippen molar-refractivity contribution in [3.63, 3.8) is 0 Å². The molecule has 16 heavy (non-hydrogen) atoms. The first-order chi connectivity index (χ1) is 7.68. The Morgan fingerprint density at radius 1 is 1.00 bits per heavy atom. The third-order valence-electron chi connectivity index (χ3n) is 2.95. The van der Waals surface area contributed by atoms with Crippen LogP contribution in [0.25, 0.3) is 0 Å². The number of furan rings is 1. The molecule has 84 valence electrons. The van der Waals surface area contributed by atoms with Crippen molar-refractivity contribution in [2.24, 2.45) is 0 Å². The molecular weight excluding hydrogens is 198 g/mol. The quantitative estimate of drug-likeness (QED) is 0.842. The van der Waals surface area contributed by atoms with E-state index in [9.17, 15) is 0 Å². The molecule has 2 nitrogen and oxygen atoms in total. The van der Waals surface area contributed by atoms with Gasteiger partial charge in [-0.15, -0.1) is 0 Å². The summed E-state index contributed by atoms with van der Waals surface area (Å²) in [6.45, 7) is 6.95. The molecule has 0 spiro atoms. The second kappa shape index (κ2) is 4.44. The van der Waals surface area contributed by atoms with Crippen LogP contribution in [0.1, 0.15) is 22.6 Å². The Bertz CT molecular complexity index is 471. The zero-order valence-electron chi connectivity index (χ0n) is 10.0. The largest absolute Gasteiger partial charge is 0.466 e. The van der Waals surface area contributed by atoms with Crippen molar-refractivity contribution >= 4 is 5.69 Å². The minimum Gasteiger partial charge on any atom is -0.466 e. The van der Waals surface area contributed by atoms with Crippen molar-refractivity contribution in [1.29, 1.82) is 0 Å². The Balaban J connectivity index is 2.11. The summed E-state index contributed by atoms with van der Waals surface area (Å²) in [7, 11) is 0. The van der Waals surface area contributed by atoms with E-state index in [4.69, 9.17) is 4.42 Å². The van der Waals surface area contributed by atoms with Crippen molar-refractivity contribution in [3.05, 3.63) is 53.0 Å². The topological polar surface area (TPSA) is 25.2 Å². The number of rotatable bonds is 3. The minimum absolute atomic E-state index is 0.818. The average Bonchev–Trinajstić information content (AvgIpc) is 2.53. The summed E-state index contributed by atoms with van der Waals surface area (Å²) in [6, 6.07) is 10.2. The van der Waals surface area contributed by atoms with Gasteiger partial charge in [0.05, 0.1) is 0 Å². The molecule has 2 rings (SSSR count). The van der Waals surface area contributed by atoms with Crippen LogP contribution in [0.3, 0.4) is 0 Å². The fourth-order valence-corrected chi connectivity index (χ4v) is 1.85. The van der Waals surface area contributed by atoms with E-state index in [0.29, 0.717) is 0 Å². The summed E-state index contributed by atoms with van der Waals surface area (Å²) >= 11 is 0. The normalized spacial score (nSPS) is 10.4. The maximum absolute atomic E-state index is 5.59. The molecule has 0 radical (unpaired) electrons. The van der Waals surface area contributed by atoms with Gasteiger partial charge in [-0.25, -0.2) is 0 Å². The monoisotopic (exact) mass is 215 g/mol. The third kappa shape index (κ3) is 2.11. The number of hydrogen-bond acceptors (Lipinski definition) is 2. The van der Waals surface area contributed by atoms with Gasteiger partial charge in [-0.05, 0) is 38.5 Å². The Morgan fingerprint density at radius 2 is 1.69 bits per heavy atom. The molecule has 0 atom stereocenters. The SMILES string of the molecule is Cc1oc(C)c(CNc2ccccc2)c1C. The van der Waals surface area contributed by atoms with Crippen molar-refractivity contribution < 1.29 is 4.42 Å². The van der Waals surface area contributed by atoms with E-state index in [-0.39, 0.29) is 0 Å². The predicted molar refractivity (Wildman–Crippen MR) is 66.7 cm³/mol. The molecule has 0 saturated carbocycles. The third-order valence-corrected chi connectivity index (χ3v) is 2.95. The van der Waals surface area contributed by atoms with Crippen molar-refractivity contribution in [1.82, 2.24) is 0 Å². The number of benzene rings is 1. The highest BCUT2D eigenvalue weighted by Crippen LogP contribution is 2.21. The highest BCUT2D eigenvalue weighted by Gasteiger charge is 2.10. The Morgan fingerprint density at radius 3 is 2.25 bits per heavy atom. The first-order valence-corrected chi connectivity index (χ1v) is 5.53. The van der Waals surface area contributed by atoms with Gasteiger partial charge in [-0.3, -0.25) is 0 Å². The van der Waals surface area contributed by atoms with Crippen LogP contribution < -0.4 is 5.32 Å². The van der Waals surface area contributed by atoms with Crippen LogP contribution in [0, 0.1) is 20.8 Å². The van der Waals surface area contributed by atoms with Gasteiger partial charge in [0.15, 0.2) is 0 Å². The van der Waals surface area contributed by atoms with Gasteiger partial charge < -0.3 is 9.73 Å². The average molecular weight is 215 g/mol. The molecule has 1 N–H and O–H groups in total. The maximum Gasteiger partial charge on any atom is 0.106 e. The number of hydrogen-bond donors (Lipinski definition) is 1. The minimum atomic E-state index is 0.818. The zero-order valence-corrected chi connectivity index (χ0v) is 10.0. The van der Waals surface area contributed by atoms with E-state index in [1.165, 1.54) is 11.1 Å². The first-order valence-electron chi connectivity index (χ1n) is 5.53. The lowest BCUT2D eigenvalue weighted by atomic mass is 10.1. The van der Waals surface area contributed by atoms with Gasteiger partial charge in [-0.2, -0.15) is 0 Å². The van der Waals surface area contributed by atoms with E-state index in [1.54, 1.807) is 0 Å². The second-order valence-corrected chi connectivity index (χ2v) is 4.04. The molecule has 1 aromatic heterocycles. The lowest BCUT2D eigenvalue weighted by molar-refractivity contribution is 0.500. The van der Waals surface area contributed by atoms with Crippen molar-refractivity contribution in [2.45, 2.75) is 27.3 Å². The molecular formula is C14H17NO. The molecule has 1 aromatic carbocycles. The Labute approximate surface area is 96.3 Å². The molecule has 1 heterocycles. The summed E-state index contributed by atoms with van der Waals surface area (Å²) < 4.78 is 5.59. The number of aryl methyl sites for hydroxylation is 2. The molecule has 0 saturated heterocycles. The Hall–Kier alpha value is -1.70. The lowest BCUT2D eigenvalue weighted by Gasteiger charge is -2.06. The summed E-state index contributed by atoms with van der Waals surface area (Å²) in [6.07, 6.45) is 0. The van der Waals surface area contributed by atoms with E-state index < -0.39 is 0 Å². The fraction of sp³-hybridized carbons (Fsp3) is 0.286. The van der Waals surface area contributed by atoms with Crippen LogP contribution in [-0.4, -0.2) is 0 Å². The number of para-hydroxylation sites is 1. The highest BCUT2D eigenvalue weighted by molar-refractivity contribution is 5.44. The summed E-state index contributed by atoms with van der Waals surface area (Å²) in [5.41, 5.74) is 3.66. The fourth-order valence-electron chi connectivity index (χ4n) is 1.85. The lowest BCUT2D eigenvalue weighted by Crippen LogP contribution is -2.00. The van der Waals surface area contributed by atoms with E-state index in [0.717, 1.165) is 23.8 Å². The molecule has 0 aliphatic heterocycles. The maximum atomic E-state index is 5.59. The zero-order chi connectivity index (χ0) is 11.5. The van der Waals surface area contributed by atoms with Gasteiger partial charge in [0, 0.05) is 17.8 Å². The van der Waals surface area contributed by atoms with Crippen LogP contribution in [0.5, 0.6) is 0 Å². The smallest absolute Gasteiger partial charge is 0.106 e. The molecule has 0 aliphatic rings. The van der Waals surface area contributed by atoms with Crippen LogP contribution in [-0.2, 0) is 6.54 Å². The van der Waals surface area contributed by atoms with Gasteiger partial charge in [0.2, 0.25) is 0 Å². The van der Waals surface area contributed by atoms with Crippen LogP contribution in [0.15, 0.2) is 34.7 Å². The number of anilines is 1. The van der Waals surface area contributed by atoms with Crippen LogP contribution in [0.4, 0.5) is 5.69 Å². The molecule has 0 fully saturated rings. The molecule has 2 heteroatoms. The summed E-state index contributed by atoms with van der Waals surface area (Å²) in [5, 5.41) is 3.40. The van der Waals surface area contributed by atoms with E-state index in [2.05, 4.69) is 24.4 Å². The standard InChI is InChI=1S/C14H17NO/c1-10-11(2)16-12(3)14(10)9-15-13-7-5-4-6-8-13/h4-8,15H,9H2,1-3H3. The van der Waals surface area contributed by atoms with Gasteiger partial charge in [-0.1, -0.05) is 18.2 Å². The van der Waals surface area contributed by atoms with Gasteiger partial charge >= 0.3 is 0 Å². The number of nitrogens with one attached hydrogen (secondary N) is 1. The molecule has 0 aliphatic carbocycles. The van der Waals surface area contributed by atoms with Gasteiger partial charge in [0.25, 0.3) is 0 Å².